The van der Waals surface area contributed by atoms with E-state index < -0.39 is 0 Å². The van der Waals surface area contributed by atoms with E-state index in [1.807, 2.05) is 11.8 Å². The third kappa shape index (κ3) is 5.21. The van der Waals surface area contributed by atoms with Gasteiger partial charge in [0.15, 0.2) is 0 Å². The lowest BCUT2D eigenvalue weighted by Crippen LogP contribution is -2.15. The van der Waals surface area contributed by atoms with Crippen LogP contribution in [-0.4, -0.2) is 4.57 Å². The van der Waals surface area contributed by atoms with Crippen LogP contribution < -0.4 is 4.90 Å². The molecule has 8 aromatic rings. The number of aromatic nitrogens is 1. The number of hydrogen-bond acceptors (Lipinski definition) is 2. The molecule has 1 aliphatic heterocycles. The van der Waals surface area contributed by atoms with Gasteiger partial charge >= 0.3 is 0 Å². The minimum absolute atomic E-state index is 0.182. The zero-order chi connectivity index (χ0) is 33.7. The summed E-state index contributed by atoms with van der Waals surface area (Å²) in [5.41, 5.74) is 13.7. The van der Waals surface area contributed by atoms with E-state index in [2.05, 4.69) is 198 Å². The van der Waals surface area contributed by atoms with E-state index in [4.69, 9.17) is 0 Å². The van der Waals surface area contributed by atoms with Gasteiger partial charge in [-0.2, -0.15) is 0 Å². The van der Waals surface area contributed by atoms with E-state index in [0.29, 0.717) is 0 Å². The van der Waals surface area contributed by atoms with Crippen molar-refractivity contribution in [2.45, 2.75) is 22.3 Å². The van der Waals surface area contributed by atoms with Crippen LogP contribution in [-0.2, 0) is 0 Å². The fraction of sp³-hybridized carbons (Fsp3) is 0.0417. The molecule has 1 aromatic heterocycles. The summed E-state index contributed by atoms with van der Waals surface area (Å²) >= 11 is 1.87. The number of nitrogens with zero attached hydrogens (tertiary/aromatic N) is 2. The van der Waals surface area contributed by atoms with Crippen LogP contribution in [0.4, 0.5) is 17.1 Å². The lowest BCUT2D eigenvalue weighted by Gasteiger charge is -2.33. The first-order valence-electron chi connectivity index (χ1n) is 17.6. The van der Waals surface area contributed by atoms with E-state index in [-0.39, 0.29) is 6.04 Å². The van der Waals surface area contributed by atoms with Crippen molar-refractivity contribution < 1.29 is 0 Å². The highest BCUT2D eigenvalue weighted by molar-refractivity contribution is 7.99. The lowest BCUT2D eigenvalue weighted by molar-refractivity contribution is 0.656. The van der Waals surface area contributed by atoms with E-state index in [1.54, 1.807) is 0 Å². The van der Waals surface area contributed by atoms with Crippen LogP contribution in [0.2, 0.25) is 0 Å². The molecule has 3 heteroatoms. The van der Waals surface area contributed by atoms with E-state index in [9.17, 15) is 0 Å². The Morgan fingerprint density at radius 2 is 1.12 bits per heavy atom. The monoisotopic (exact) mass is 670 g/mol. The Labute approximate surface area is 302 Å². The van der Waals surface area contributed by atoms with Crippen molar-refractivity contribution in [3.8, 4) is 22.3 Å². The van der Waals surface area contributed by atoms with Gasteiger partial charge in [-0.15, -0.1) is 0 Å². The third-order valence-electron chi connectivity index (χ3n) is 10.3. The van der Waals surface area contributed by atoms with Crippen LogP contribution in [0.15, 0.2) is 198 Å². The Hall–Kier alpha value is -6.03. The van der Waals surface area contributed by atoms with Crippen molar-refractivity contribution in [2.24, 2.45) is 0 Å². The van der Waals surface area contributed by atoms with Crippen molar-refractivity contribution in [3.63, 3.8) is 0 Å². The van der Waals surface area contributed by atoms with Crippen molar-refractivity contribution in [2.75, 3.05) is 4.90 Å². The second-order valence-electron chi connectivity index (χ2n) is 13.3. The largest absolute Gasteiger partial charge is 0.333 e. The molecule has 51 heavy (non-hydrogen) atoms. The van der Waals surface area contributed by atoms with Gasteiger partial charge in [0.05, 0.1) is 22.9 Å². The Morgan fingerprint density at radius 3 is 1.94 bits per heavy atom. The zero-order valence-electron chi connectivity index (χ0n) is 28.0. The molecule has 1 atom stereocenters. The van der Waals surface area contributed by atoms with Crippen molar-refractivity contribution in [3.05, 3.63) is 194 Å². The van der Waals surface area contributed by atoms with E-state index >= 15 is 0 Å². The van der Waals surface area contributed by atoms with Crippen molar-refractivity contribution in [1.29, 1.82) is 0 Å². The number of allylic oxidation sites excluding steroid dienone is 4. The third-order valence-corrected chi connectivity index (χ3v) is 11.4. The second kappa shape index (κ2) is 12.4. The molecule has 0 bridgehead atoms. The topological polar surface area (TPSA) is 8.17 Å². The first-order valence-corrected chi connectivity index (χ1v) is 18.4. The van der Waals surface area contributed by atoms with Crippen LogP contribution in [0, 0.1) is 0 Å². The average Bonchev–Trinajstić information content (AvgIpc) is 3.53. The number of anilines is 3. The summed E-state index contributed by atoms with van der Waals surface area (Å²) in [6.07, 6.45) is 7.85. The number of hydrogen-bond donors (Lipinski definition) is 0. The molecule has 0 amide bonds. The number of fused-ring (bicyclic) bond motifs is 5. The molecule has 1 unspecified atom stereocenters. The predicted octanol–water partition coefficient (Wildman–Crippen LogP) is 13.6. The summed E-state index contributed by atoms with van der Waals surface area (Å²) in [7, 11) is 0. The molecule has 2 nitrogen and oxygen atoms in total. The Balaban J connectivity index is 1.05. The predicted molar refractivity (Wildman–Crippen MR) is 216 cm³/mol. The minimum Gasteiger partial charge on any atom is -0.333 e. The first kappa shape index (κ1) is 29.8. The quantitative estimate of drug-likeness (QED) is 0.180. The molecule has 0 fully saturated rings. The van der Waals surface area contributed by atoms with Gasteiger partial charge in [0.2, 0.25) is 0 Å². The molecule has 1 aliphatic carbocycles. The van der Waals surface area contributed by atoms with Crippen LogP contribution >= 0.6 is 11.8 Å². The fourth-order valence-corrected chi connectivity index (χ4v) is 8.99. The normalized spacial score (nSPS) is 15.1. The molecule has 0 saturated heterocycles. The van der Waals surface area contributed by atoms with Gasteiger partial charge in [-0.1, -0.05) is 145 Å². The van der Waals surface area contributed by atoms with E-state index in [0.717, 1.165) is 6.42 Å². The Kier molecular flexibility index (Phi) is 7.25. The molecular weight excluding hydrogens is 637 g/mol. The molecule has 2 heterocycles. The Morgan fingerprint density at radius 1 is 0.471 bits per heavy atom. The highest BCUT2D eigenvalue weighted by Crippen LogP contribution is 2.53. The highest BCUT2D eigenvalue weighted by Gasteiger charge is 2.28. The molecule has 0 N–H and O–H groups in total. The van der Waals surface area contributed by atoms with Crippen molar-refractivity contribution >= 4 is 56.2 Å². The highest BCUT2D eigenvalue weighted by atomic mass is 32.2. The van der Waals surface area contributed by atoms with Gasteiger partial charge in [0.25, 0.3) is 0 Å². The molecule has 10 rings (SSSR count). The molecule has 0 radical (unpaired) electrons. The maximum Gasteiger partial charge on any atom is 0.0609 e. The summed E-state index contributed by atoms with van der Waals surface area (Å²) in [6.45, 7) is 0. The number of para-hydroxylation sites is 3. The van der Waals surface area contributed by atoms with Crippen LogP contribution in [0.5, 0.6) is 0 Å². The van der Waals surface area contributed by atoms with Gasteiger partial charge in [-0.3, -0.25) is 0 Å². The molecule has 242 valence electrons. The van der Waals surface area contributed by atoms with E-state index in [1.165, 1.54) is 82.0 Å². The molecule has 0 saturated carbocycles. The maximum atomic E-state index is 2.58. The second-order valence-corrected chi connectivity index (χ2v) is 14.4. The van der Waals surface area contributed by atoms with Crippen LogP contribution in [0.1, 0.15) is 18.0 Å². The van der Waals surface area contributed by atoms with Gasteiger partial charge in [0.1, 0.15) is 0 Å². The summed E-state index contributed by atoms with van der Waals surface area (Å²) in [5, 5.41) is 2.58. The number of rotatable bonds is 5. The first-order chi connectivity index (χ1) is 25.3. The van der Waals surface area contributed by atoms with Crippen LogP contribution in [0.3, 0.4) is 0 Å². The zero-order valence-corrected chi connectivity index (χ0v) is 28.8. The van der Waals surface area contributed by atoms with Gasteiger partial charge < -0.3 is 9.47 Å². The van der Waals surface area contributed by atoms with Crippen LogP contribution in [0.25, 0.3) is 49.6 Å². The SMILES string of the molecule is C1=CC(n2c3ccccc3c3cc4c(cc32)Sc2ccccc2N4c2ccccc2)CC(c2cccc(-c3cccc(-c4ccccc4)c3)c2)=C1. The fourth-order valence-electron chi connectivity index (χ4n) is 7.92. The van der Waals surface area contributed by atoms with Crippen molar-refractivity contribution in [1.82, 2.24) is 4.57 Å². The standard InChI is InChI=1S/C48H34N2S/c1-3-14-33(15-4-1)34-16-11-17-35(28-34)36-18-12-19-37(29-36)38-20-13-23-40(30-38)50-43-25-8-7-24-41(43)42-31-46-48(32-45(42)50)51-47-27-10-9-26-44(47)49(46)39-21-5-2-6-22-39/h1-29,31-32,40H,30H2. The lowest BCUT2D eigenvalue weighted by atomic mass is 9.91. The summed E-state index contributed by atoms with van der Waals surface area (Å²) in [6, 6.07) is 62.1. The Bertz CT molecular complexity index is 2650. The number of benzene rings is 7. The average molecular weight is 671 g/mol. The van der Waals surface area contributed by atoms with Gasteiger partial charge in [-0.05, 0) is 94.4 Å². The summed E-state index contributed by atoms with van der Waals surface area (Å²) < 4.78 is 2.58. The summed E-state index contributed by atoms with van der Waals surface area (Å²) in [4.78, 5) is 4.97. The smallest absolute Gasteiger partial charge is 0.0609 e. The minimum atomic E-state index is 0.182. The summed E-state index contributed by atoms with van der Waals surface area (Å²) in [5.74, 6) is 0. The van der Waals surface area contributed by atoms with Gasteiger partial charge in [-0.25, -0.2) is 0 Å². The molecule has 0 spiro atoms. The van der Waals surface area contributed by atoms with Gasteiger partial charge in [0, 0.05) is 31.8 Å². The maximum absolute atomic E-state index is 2.58. The molecule has 7 aromatic carbocycles. The molecular formula is C48H34N2S. The molecule has 2 aliphatic rings.